The molecule has 0 radical (unpaired) electrons. The van der Waals surface area contributed by atoms with Gasteiger partial charge in [0.15, 0.2) is 5.79 Å². The molecule has 13 heavy (non-hydrogen) atoms. The van der Waals surface area contributed by atoms with Crippen LogP contribution in [0.2, 0.25) is 0 Å². The smallest absolute Gasteiger partial charge is 0.162 e. The maximum Gasteiger partial charge on any atom is 0.162 e. The zero-order chi connectivity index (χ0) is 9.95. The Kier molecular flexibility index (Phi) is 3.33. The molecule has 1 N–H and O–H groups in total. The zero-order valence-corrected chi connectivity index (χ0v) is 8.80. The van der Waals surface area contributed by atoms with Crippen LogP contribution in [0.1, 0.15) is 33.6 Å². The van der Waals surface area contributed by atoms with Crippen LogP contribution in [0.3, 0.4) is 0 Å². The van der Waals surface area contributed by atoms with Gasteiger partial charge in [0.1, 0.15) is 0 Å². The molecule has 1 heterocycles. The Morgan fingerprint density at radius 1 is 1.23 bits per heavy atom. The van der Waals surface area contributed by atoms with Gasteiger partial charge in [-0.25, -0.2) is 0 Å². The van der Waals surface area contributed by atoms with E-state index in [1.165, 1.54) is 0 Å². The van der Waals surface area contributed by atoms with Crippen molar-refractivity contribution in [3.05, 3.63) is 0 Å². The Morgan fingerprint density at radius 2 is 1.77 bits per heavy atom. The third kappa shape index (κ3) is 2.66. The quantitative estimate of drug-likeness (QED) is 0.730. The van der Waals surface area contributed by atoms with E-state index in [9.17, 15) is 0 Å². The van der Waals surface area contributed by atoms with Gasteiger partial charge in [0.05, 0.1) is 13.2 Å². The van der Waals surface area contributed by atoms with Gasteiger partial charge < -0.3 is 14.6 Å². The van der Waals surface area contributed by atoms with Crippen LogP contribution in [0.25, 0.3) is 0 Å². The Hall–Kier alpha value is -0.120. The average molecular weight is 188 g/mol. The van der Waals surface area contributed by atoms with Gasteiger partial charge >= 0.3 is 0 Å². The molecule has 0 aromatic heterocycles. The van der Waals surface area contributed by atoms with E-state index >= 15 is 0 Å². The number of rotatable bonds is 3. The molecule has 0 spiro atoms. The third-order valence-electron chi connectivity index (χ3n) is 2.84. The van der Waals surface area contributed by atoms with Crippen molar-refractivity contribution < 1.29 is 14.6 Å². The molecule has 0 aromatic rings. The minimum Gasteiger partial charge on any atom is -0.396 e. The second-order valence-electron chi connectivity index (χ2n) is 4.30. The summed E-state index contributed by atoms with van der Waals surface area (Å²) in [5.74, 6) is -0.450. The third-order valence-corrected chi connectivity index (χ3v) is 2.84. The largest absolute Gasteiger partial charge is 0.396 e. The van der Waals surface area contributed by atoms with Crippen LogP contribution >= 0.6 is 0 Å². The highest BCUT2D eigenvalue weighted by atomic mass is 16.7. The predicted octanol–water partition coefficient (Wildman–Crippen LogP) is 1.55. The molecule has 0 saturated carbocycles. The first kappa shape index (κ1) is 11.0. The molecule has 0 atom stereocenters. The molecule has 78 valence electrons. The lowest BCUT2D eigenvalue weighted by atomic mass is 9.83. The number of hydrogen-bond donors (Lipinski definition) is 1. The molecule has 1 aliphatic heterocycles. The fraction of sp³-hybridized carbons (Fsp3) is 1.00. The van der Waals surface area contributed by atoms with Crippen LogP contribution in [0.4, 0.5) is 0 Å². The van der Waals surface area contributed by atoms with Crippen molar-refractivity contribution in [3.8, 4) is 0 Å². The summed E-state index contributed by atoms with van der Waals surface area (Å²) < 4.78 is 11.2. The Balaban J connectivity index is 2.52. The van der Waals surface area contributed by atoms with E-state index in [1.54, 1.807) is 0 Å². The topological polar surface area (TPSA) is 38.7 Å². The van der Waals surface area contributed by atoms with Crippen molar-refractivity contribution in [1.82, 2.24) is 0 Å². The van der Waals surface area contributed by atoms with Crippen molar-refractivity contribution in [2.75, 3.05) is 19.8 Å². The maximum atomic E-state index is 8.93. The number of aliphatic hydroxyl groups excluding tert-OH is 1. The van der Waals surface area contributed by atoms with Gasteiger partial charge in [-0.2, -0.15) is 0 Å². The van der Waals surface area contributed by atoms with Crippen LogP contribution in [0.15, 0.2) is 0 Å². The maximum absolute atomic E-state index is 8.93. The molecule has 0 bridgehead atoms. The first-order valence-corrected chi connectivity index (χ1v) is 4.92. The van der Waals surface area contributed by atoms with Gasteiger partial charge in [-0.15, -0.1) is 0 Å². The first-order valence-electron chi connectivity index (χ1n) is 4.92. The van der Waals surface area contributed by atoms with Gasteiger partial charge in [-0.1, -0.05) is 6.92 Å². The Bertz CT molecular complexity index is 156. The summed E-state index contributed by atoms with van der Waals surface area (Å²) in [6.45, 7) is 7.55. The molecule has 0 aliphatic carbocycles. The SMILES string of the molecule is CCC1(CCO)COC(C)(C)OC1. The fourth-order valence-corrected chi connectivity index (χ4v) is 1.50. The zero-order valence-electron chi connectivity index (χ0n) is 8.80. The van der Waals surface area contributed by atoms with Crippen molar-refractivity contribution >= 4 is 0 Å². The second kappa shape index (κ2) is 3.95. The Labute approximate surface area is 80.0 Å². The van der Waals surface area contributed by atoms with E-state index < -0.39 is 5.79 Å². The number of aliphatic hydroxyl groups is 1. The summed E-state index contributed by atoms with van der Waals surface area (Å²) in [6, 6.07) is 0. The highest BCUT2D eigenvalue weighted by Gasteiger charge is 2.38. The van der Waals surface area contributed by atoms with Crippen molar-refractivity contribution in [2.45, 2.75) is 39.4 Å². The molecule has 1 rings (SSSR count). The standard InChI is InChI=1S/C10H20O3/c1-4-10(5-6-11)7-12-9(2,3)13-8-10/h11H,4-8H2,1-3H3. The lowest BCUT2D eigenvalue weighted by Crippen LogP contribution is -2.46. The lowest BCUT2D eigenvalue weighted by molar-refractivity contribution is -0.287. The van der Waals surface area contributed by atoms with Crippen LogP contribution < -0.4 is 0 Å². The normalized spacial score (nSPS) is 25.8. The molecule has 1 aliphatic rings. The molecular weight excluding hydrogens is 168 g/mol. The summed E-state index contributed by atoms with van der Waals surface area (Å²) in [7, 11) is 0. The minimum absolute atomic E-state index is 0.0320. The van der Waals surface area contributed by atoms with Crippen molar-refractivity contribution in [2.24, 2.45) is 5.41 Å². The summed E-state index contributed by atoms with van der Waals surface area (Å²) in [5.41, 5.74) is 0.0320. The van der Waals surface area contributed by atoms with Gasteiger partial charge in [0, 0.05) is 12.0 Å². The molecule has 1 saturated heterocycles. The van der Waals surface area contributed by atoms with E-state index in [0.717, 1.165) is 12.8 Å². The van der Waals surface area contributed by atoms with Gasteiger partial charge in [-0.3, -0.25) is 0 Å². The number of hydrogen-bond acceptors (Lipinski definition) is 3. The fourth-order valence-electron chi connectivity index (χ4n) is 1.50. The first-order chi connectivity index (χ1) is 6.04. The number of ether oxygens (including phenoxy) is 2. The molecule has 1 fully saturated rings. The minimum atomic E-state index is -0.450. The van der Waals surface area contributed by atoms with E-state index in [-0.39, 0.29) is 12.0 Å². The van der Waals surface area contributed by atoms with Gasteiger partial charge in [0.25, 0.3) is 0 Å². The predicted molar refractivity (Wildman–Crippen MR) is 50.4 cm³/mol. The lowest BCUT2D eigenvalue weighted by Gasteiger charge is -2.42. The summed E-state index contributed by atoms with van der Waals surface area (Å²) in [6.07, 6.45) is 1.75. The van der Waals surface area contributed by atoms with Crippen LogP contribution in [0, 0.1) is 5.41 Å². The summed E-state index contributed by atoms with van der Waals surface area (Å²) in [5, 5.41) is 8.93. The van der Waals surface area contributed by atoms with Gasteiger partial charge in [-0.05, 0) is 26.7 Å². The highest BCUT2D eigenvalue weighted by Crippen LogP contribution is 2.34. The monoisotopic (exact) mass is 188 g/mol. The molecule has 3 nitrogen and oxygen atoms in total. The Morgan fingerprint density at radius 3 is 2.15 bits per heavy atom. The molecule has 0 unspecified atom stereocenters. The summed E-state index contributed by atoms with van der Waals surface area (Å²) >= 11 is 0. The van der Waals surface area contributed by atoms with E-state index in [2.05, 4.69) is 6.92 Å². The van der Waals surface area contributed by atoms with Gasteiger partial charge in [0.2, 0.25) is 0 Å². The van der Waals surface area contributed by atoms with E-state index in [1.807, 2.05) is 13.8 Å². The van der Waals surface area contributed by atoms with E-state index in [4.69, 9.17) is 14.6 Å². The van der Waals surface area contributed by atoms with Crippen molar-refractivity contribution in [1.29, 1.82) is 0 Å². The van der Waals surface area contributed by atoms with Crippen molar-refractivity contribution in [3.63, 3.8) is 0 Å². The van der Waals surface area contributed by atoms with Crippen LogP contribution in [0.5, 0.6) is 0 Å². The van der Waals surface area contributed by atoms with E-state index in [0.29, 0.717) is 13.2 Å². The molecule has 0 amide bonds. The summed E-state index contributed by atoms with van der Waals surface area (Å²) in [4.78, 5) is 0. The molecular formula is C10H20O3. The van der Waals surface area contributed by atoms with Crippen LogP contribution in [-0.2, 0) is 9.47 Å². The van der Waals surface area contributed by atoms with Crippen LogP contribution in [-0.4, -0.2) is 30.7 Å². The molecule has 3 heteroatoms. The average Bonchev–Trinajstić information content (AvgIpc) is 2.10. The molecule has 0 aromatic carbocycles. The second-order valence-corrected chi connectivity index (χ2v) is 4.30. The highest BCUT2D eigenvalue weighted by molar-refractivity contribution is 4.82.